The largest absolute Gasteiger partial charge is 0.355 e. The fourth-order valence-corrected chi connectivity index (χ4v) is 3.37. The molecule has 0 bridgehead atoms. The minimum absolute atomic E-state index is 0.125. The molecule has 0 saturated heterocycles. The number of fused-ring (bicyclic) bond motifs is 1. The topological polar surface area (TPSA) is 44.9 Å². The van der Waals surface area contributed by atoms with Crippen LogP contribution in [0.15, 0.2) is 77.3 Å². The van der Waals surface area contributed by atoms with Gasteiger partial charge in [0.2, 0.25) is 0 Å². The van der Waals surface area contributed by atoms with Gasteiger partial charge >= 0.3 is 0 Å². The lowest BCUT2D eigenvalue weighted by Gasteiger charge is -2.06. The van der Waals surface area contributed by atoms with Crippen molar-refractivity contribution in [1.29, 1.82) is 0 Å². The predicted molar refractivity (Wildman–Crippen MR) is 111 cm³/mol. The van der Waals surface area contributed by atoms with E-state index in [-0.39, 0.29) is 5.91 Å². The lowest BCUT2D eigenvalue weighted by Crippen LogP contribution is -2.11. The number of nitrogens with one attached hydrogen (secondary N) is 2. The first-order valence-electron chi connectivity index (χ1n) is 8.35. The van der Waals surface area contributed by atoms with E-state index in [4.69, 9.17) is 0 Å². The Bertz CT molecular complexity index is 1100. The summed E-state index contributed by atoms with van der Waals surface area (Å²) < 4.78 is 0.884. The highest BCUT2D eigenvalue weighted by molar-refractivity contribution is 9.10. The molecular weight excluding hydrogens is 388 g/mol. The molecule has 4 aromatic rings. The molecule has 1 amide bonds. The van der Waals surface area contributed by atoms with Gasteiger partial charge in [0, 0.05) is 32.3 Å². The highest BCUT2D eigenvalue weighted by Crippen LogP contribution is 2.26. The Balaban J connectivity index is 1.55. The number of anilines is 1. The summed E-state index contributed by atoms with van der Waals surface area (Å²) in [5.74, 6) is -0.125. The van der Waals surface area contributed by atoms with E-state index in [1.54, 1.807) is 12.1 Å². The second-order valence-corrected chi connectivity index (χ2v) is 7.23. The summed E-state index contributed by atoms with van der Waals surface area (Å²) >= 11 is 3.39. The average Bonchev–Trinajstić information content (AvgIpc) is 3.05. The Labute approximate surface area is 160 Å². The highest BCUT2D eigenvalue weighted by atomic mass is 79.9. The van der Waals surface area contributed by atoms with Gasteiger partial charge in [-0.1, -0.05) is 45.8 Å². The number of rotatable bonds is 3. The molecule has 0 aliphatic carbocycles. The third kappa shape index (κ3) is 3.41. The summed E-state index contributed by atoms with van der Waals surface area (Å²) in [7, 11) is 0. The van der Waals surface area contributed by atoms with Gasteiger partial charge in [0.05, 0.1) is 0 Å². The van der Waals surface area contributed by atoms with Gasteiger partial charge in [0.1, 0.15) is 0 Å². The Kier molecular flexibility index (Phi) is 4.35. The predicted octanol–water partition coefficient (Wildman–Crippen LogP) is 6.16. The van der Waals surface area contributed by atoms with E-state index in [1.165, 1.54) is 10.9 Å². The number of amides is 1. The Hall–Kier alpha value is -2.85. The summed E-state index contributed by atoms with van der Waals surface area (Å²) in [4.78, 5) is 15.8. The van der Waals surface area contributed by atoms with E-state index in [0.717, 1.165) is 26.9 Å². The number of carbonyl (C=O) groups excluding carboxylic acids is 1. The maximum absolute atomic E-state index is 12.3. The number of hydrogen-bond donors (Lipinski definition) is 2. The molecule has 2 N–H and O–H groups in total. The van der Waals surface area contributed by atoms with Crippen LogP contribution in [-0.2, 0) is 0 Å². The van der Waals surface area contributed by atoms with Crippen LogP contribution in [0.25, 0.3) is 22.2 Å². The summed E-state index contributed by atoms with van der Waals surface area (Å²) in [5.41, 5.74) is 5.90. The van der Waals surface area contributed by atoms with Gasteiger partial charge in [0.25, 0.3) is 5.91 Å². The van der Waals surface area contributed by atoms with Crippen LogP contribution in [0.5, 0.6) is 0 Å². The molecule has 4 rings (SSSR count). The van der Waals surface area contributed by atoms with Crippen molar-refractivity contribution in [2.24, 2.45) is 0 Å². The van der Waals surface area contributed by atoms with Crippen molar-refractivity contribution >= 4 is 38.4 Å². The van der Waals surface area contributed by atoms with Gasteiger partial charge in [-0.05, 0) is 61.0 Å². The maximum Gasteiger partial charge on any atom is 0.255 e. The fourth-order valence-electron chi connectivity index (χ4n) is 2.97. The fraction of sp³-hybridized carbons (Fsp3) is 0.0455. The first-order chi connectivity index (χ1) is 12.6. The lowest BCUT2D eigenvalue weighted by molar-refractivity contribution is 0.102. The van der Waals surface area contributed by atoms with Crippen LogP contribution in [0.3, 0.4) is 0 Å². The zero-order valence-corrected chi connectivity index (χ0v) is 15.8. The molecule has 0 aliphatic rings. The number of hydrogen-bond acceptors (Lipinski definition) is 1. The summed E-state index contributed by atoms with van der Waals surface area (Å²) in [6.07, 6.45) is 0. The third-order valence-corrected chi connectivity index (χ3v) is 4.81. The van der Waals surface area contributed by atoms with Crippen molar-refractivity contribution in [3.8, 4) is 11.3 Å². The van der Waals surface area contributed by atoms with Crippen molar-refractivity contribution in [1.82, 2.24) is 4.98 Å². The summed E-state index contributed by atoms with van der Waals surface area (Å²) in [6.45, 7) is 2.09. The van der Waals surface area contributed by atoms with E-state index in [2.05, 4.69) is 57.4 Å². The standard InChI is InChI=1S/C22H17BrN2O/c1-14-5-10-20-17(11-14)13-21(25-20)15-6-8-19(9-7-15)24-22(26)16-3-2-4-18(23)12-16/h2-13,25H,1H3,(H,24,26). The molecule has 4 heteroatoms. The minimum Gasteiger partial charge on any atom is -0.355 e. The SMILES string of the molecule is Cc1ccc2[nH]c(-c3ccc(NC(=O)c4cccc(Br)c4)cc3)cc2c1. The molecule has 1 aromatic heterocycles. The van der Waals surface area contributed by atoms with E-state index in [0.29, 0.717) is 5.56 Å². The second kappa shape index (κ2) is 6.81. The van der Waals surface area contributed by atoms with Gasteiger partial charge in [-0.2, -0.15) is 0 Å². The van der Waals surface area contributed by atoms with Crippen molar-refractivity contribution < 1.29 is 4.79 Å². The van der Waals surface area contributed by atoms with Crippen LogP contribution in [-0.4, -0.2) is 10.9 Å². The van der Waals surface area contributed by atoms with Crippen LogP contribution in [0.2, 0.25) is 0 Å². The molecule has 3 nitrogen and oxygen atoms in total. The number of carbonyl (C=O) groups is 1. The van der Waals surface area contributed by atoms with Gasteiger partial charge in [0.15, 0.2) is 0 Å². The smallest absolute Gasteiger partial charge is 0.255 e. The number of aromatic nitrogens is 1. The summed E-state index contributed by atoms with van der Waals surface area (Å²) in [5, 5.41) is 4.13. The molecule has 0 radical (unpaired) electrons. The van der Waals surface area contributed by atoms with Gasteiger partial charge < -0.3 is 10.3 Å². The molecular formula is C22H17BrN2O. The summed E-state index contributed by atoms with van der Waals surface area (Å²) in [6, 6.07) is 23.7. The average molecular weight is 405 g/mol. The normalized spacial score (nSPS) is 10.8. The molecule has 26 heavy (non-hydrogen) atoms. The van der Waals surface area contributed by atoms with Crippen molar-refractivity contribution in [2.45, 2.75) is 6.92 Å². The van der Waals surface area contributed by atoms with Gasteiger partial charge in [-0.25, -0.2) is 0 Å². The zero-order chi connectivity index (χ0) is 18.1. The van der Waals surface area contributed by atoms with E-state index < -0.39 is 0 Å². The first-order valence-corrected chi connectivity index (χ1v) is 9.14. The molecule has 0 spiro atoms. The number of aryl methyl sites for hydroxylation is 1. The number of aromatic amines is 1. The third-order valence-electron chi connectivity index (χ3n) is 4.32. The van der Waals surface area contributed by atoms with E-state index in [9.17, 15) is 4.79 Å². The monoisotopic (exact) mass is 404 g/mol. The second-order valence-electron chi connectivity index (χ2n) is 6.32. The van der Waals surface area contributed by atoms with E-state index in [1.807, 2.05) is 36.4 Å². The Morgan fingerprint density at radius 3 is 2.54 bits per heavy atom. The quantitative estimate of drug-likeness (QED) is 0.421. The number of halogens is 1. The Morgan fingerprint density at radius 1 is 0.962 bits per heavy atom. The number of H-pyrrole nitrogens is 1. The van der Waals surface area contributed by atoms with Gasteiger partial charge in [-0.3, -0.25) is 4.79 Å². The zero-order valence-electron chi connectivity index (χ0n) is 14.2. The first kappa shape index (κ1) is 16.6. The molecule has 128 valence electrons. The molecule has 0 unspecified atom stereocenters. The van der Waals surface area contributed by atoms with E-state index >= 15 is 0 Å². The van der Waals surface area contributed by atoms with Crippen LogP contribution >= 0.6 is 15.9 Å². The van der Waals surface area contributed by atoms with Gasteiger partial charge in [-0.15, -0.1) is 0 Å². The molecule has 0 atom stereocenters. The molecule has 3 aromatic carbocycles. The number of benzene rings is 3. The molecule has 1 heterocycles. The van der Waals surface area contributed by atoms with Crippen LogP contribution in [0.1, 0.15) is 15.9 Å². The van der Waals surface area contributed by atoms with Crippen LogP contribution in [0, 0.1) is 6.92 Å². The lowest BCUT2D eigenvalue weighted by atomic mass is 10.1. The minimum atomic E-state index is -0.125. The molecule has 0 aliphatic heterocycles. The van der Waals surface area contributed by atoms with Crippen molar-refractivity contribution in [3.05, 3.63) is 88.4 Å². The van der Waals surface area contributed by atoms with Crippen molar-refractivity contribution in [2.75, 3.05) is 5.32 Å². The molecule has 0 fully saturated rings. The van der Waals surface area contributed by atoms with Crippen LogP contribution in [0.4, 0.5) is 5.69 Å². The molecule has 0 saturated carbocycles. The Morgan fingerprint density at radius 2 is 1.77 bits per heavy atom. The highest BCUT2D eigenvalue weighted by Gasteiger charge is 2.08. The maximum atomic E-state index is 12.3. The van der Waals surface area contributed by atoms with Crippen LogP contribution < -0.4 is 5.32 Å². The van der Waals surface area contributed by atoms with Crippen molar-refractivity contribution in [3.63, 3.8) is 0 Å².